The number of nitrogens with zero attached hydrogens (tertiary/aromatic N) is 2. The number of hydrogen-bond donors (Lipinski definition) is 4. The lowest BCUT2D eigenvalue weighted by atomic mass is 9.93. The summed E-state index contributed by atoms with van der Waals surface area (Å²) in [6.07, 6.45) is -1.15. The van der Waals surface area contributed by atoms with Crippen molar-refractivity contribution in [1.82, 2.24) is 25.8 Å². The molecule has 0 saturated carbocycles. The number of aliphatic hydroxyl groups excluding tert-OH is 1. The SMILES string of the molecule is COC(=O)[C@H]1NC[C@@H](NC(=O)c2ccccc2)[C@H]1NC(=O)OC(C)(C)C.COc1ccc(CN2C(=O)[C@@H]3[C@H]2[C@@H](O)CN3C)c(OC)c1. The number of alkyl carbamates (subject to hydrolysis) is 1. The summed E-state index contributed by atoms with van der Waals surface area (Å²) in [5.41, 5.74) is 0.719. The van der Waals surface area contributed by atoms with Crippen LogP contribution >= 0.6 is 0 Å². The molecular formula is C33H45N5O9. The van der Waals surface area contributed by atoms with Crippen molar-refractivity contribution in [3.8, 4) is 11.5 Å². The number of methoxy groups -OCH3 is 3. The Hall–Kier alpha value is -4.40. The van der Waals surface area contributed by atoms with Gasteiger partial charge in [-0.05, 0) is 52.1 Å². The van der Waals surface area contributed by atoms with E-state index in [1.807, 2.05) is 30.1 Å². The van der Waals surface area contributed by atoms with Crippen molar-refractivity contribution in [3.63, 3.8) is 0 Å². The average molecular weight is 656 g/mol. The van der Waals surface area contributed by atoms with Gasteiger partial charge in [-0.25, -0.2) is 4.79 Å². The first kappa shape index (κ1) is 35.5. The minimum atomic E-state index is -0.784. The summed E-state index contributed by atoms with van der Waals surface area (Å²) in [7, 11) is 6.33. The monoisotopic (exact) mass is 655 g/mol. The first-order valence-electron chi connectivity index (χ1n) is 15.3. The number of carbonyl (C=O) groups is 4. The lowest BCUT2D eigenvalue weighted by Gasteiger charge is -2.46. The number of β-amino-alcohol motifs (C(OH)–C–C–N with tert-alkyl or cyclic N) is 1. The molecule has 5 rings (SSSR count). The Bertz CT molecular complexity index is 1430. The van der Waals surface area contributed by atoms with Crippen LogP contribution in [0.5, 0.6) is 11.5 Å². The van der Waals surface area contributed by atoms with Gasteiger partial charge in [0.2, 0.25) is 5.91 Å². The molecule has 0 radical (unpaired) electrons. The summed E-state index contributed by atoms with van der Waals surface area (Å²) in [6, 6.07) is 12.0. The molecule has 256 valence electrons. The molecule has 14 nitrogen and oxygen atoms in total. The van der Waals surface area contributed by atoms with Gasteiger partial charge in [0.25, 0.3) is 5.91 Å². The number of rotatable bonds is 8. The molecule has 3 heterocycles. The number of aliphatic hydroxyl groups is 1. The number of likely N-dealkylation sites (tertiary alicyclic amines) is 2. The zero-order valence-corrected chi connectivity index (χ0v) is 27.8. The highest BCUT2D eigenvalue weighted by atomic mass is 16.6. The fraction of sp³-hybridized carbons (Fsp3) is 0.515. The Morgan fingerprint density at radius 1 is 1.02 bits per heavy atom. The maximum Gasteiger partial charge on any atom is 0.408 e. The first-order chi connectivity index (χ1) is 22.3. The third kappa shape index (κ3) is 8.31. The number of amides is 3. The van der Waals surface area contributed by atoms with Crippen LogP contribution in [-0.4, -0.2) is 122 Å². The molecular weight excluding hydrogens is 610 g/mol. The van der Waals surface area contributed by atoms with Crippen LogP contribution in [0.1, 0.15) is 36.7 Å². The second-order valence-electron chi connectivity index (χ2n) is 12.6. The number of hydrogen-bond acceptors (Lipinski definition) is 11. The lowest BCUT2D eigenvalue weighted by molar-refractivity contribution is -0.157. The minimum absolute atomic E-state index is 0.0666. The predicted molar refractivity (Wildman–Crippen MR) is 171 cm³/mol. The van der Waals surface area contributed by atoms with Crippen molar-refractivity contribution in [3.05, 3.63) is 59.7 Å². The van der Waals surface area contributed by atoms with Crippen molar-refractivity contribution < 1.29 is 43.2 Å². The molecule has 2 aromatic rings. The molecule has 0 spiro atoms. The van der Waals surface area contributed by atoms with Crippen molar-refractivity contribution in [2.24, 2.45) is 0 Å². The molecule has 2 aromatic carbocycles. The Balaban J connectivity index is 0.000000217. The molecule has 0 bridgehead atoms. The van der Waals surface area contributed by atoms with Gasteiger partial charge in [-0.2, -0.15) is 0 Å². The highest BCUT2D eigenvalue weighted by molar-refractivity contribution is 5.94. The second-order valence-corrected chi connectivity index (χ2v) is 12.6. The van der Waals surface area contributed by atoms with Gasteiger partial charge < -0.3 is 44.9 Å². The molecule has 14 heteroatoms. The summed E-state index contributed by atoms with van der Waals surface area (Å²) >= 11 is 0. The quantitative estimate of drug-likeness (QED) is 0.236. The number of nitrogens with one attached hydrogen (secondary N) is 3. The largest absolute Gasteiger partial charge is 0.497 e. The van der Waals surface area contributed by atoms with Crippen molar-refractivity contribution in [2.45, 2.75) is 69.2 Å². The Morgan fingerprint density at radius 3 is 2.34 bits per heavy atom. The fourth-order valence-electron chi connectivity index (χ4n) is 5.99. The molecule has 3 amide bonds. The van der Waals surface area contributed by atoms with Crippen LogP contribution < -0.4 is 25.4 Å². The summed E-state index contributed by atoms with van der Waals surface area (Å²) in [5.74, 6) is 0.647. The van der Waals surface area contributed by atoms with Gasteiger partial charge >= 0.3 is 12.1 Å². The highest BCUT2D eigenvalue weighted by Crippen LogP contribution is 2.36. The fourth-order valence-corrected chi connectivity index (χ4v) is 5.99. The van der Waals surface area contributed by atoms with E-state index in [9.17, 15) is 24.3 Å². The zero-order valence-electron chi connectivity index (χ0n) is 27.8. The molecule has 3 fully saturated rings. The lowest BCUT2D eigenvalue weighted by Crippen LogP contribution is -2.67. The summed E-state index contributed by atoms with van der Waals surface area (Å²) in [4.78, 5) is 52.4. The molecule has 47 heavy (non-hydrogen) atoms. The van der Waals surface area contributed by atoms with E-state index in [0.717, 1.165) is 5.56 Å². The third-order valence-corrected chi connectivity index (χ3v) is 8.24. The molecule has 0 aliphatic carbocycles. The minimum Gasteiger partial charge on any atom is -0.497 e. The molecule has 6 atom stereocenters. The Morgan fingerprint density at radius 2 is 1.72 bits per heavy atom. The second kappa shape index (κ2) is 15.0. The van der Waals surface area contributed by atoms with Crippen molar-refractivity contribution >= 4 is 23.9 Å². The van der Waals surface area contributed by atoms with Crippen LogP contribution in [0.2, 0.25) is 0 Å². The number of esters is 1. The zero-order chi connectivity index (χ0) is 34.5. The highest BCUT2D eigenvalue weighted by Gasteiger charge is 2.57. The topological polar surface area (TPSA) is 168 Å². The molecule has 4 N–H and O–H groups in total. The smallest absolute Gasteiger partial charge is 0.408 e. The average Bonchev–Trinajstić information content (AvgIpc) is 3.54. The first-order valence-corrected chi connectivity index (χ1v) is 15.3. The predicted octanol–water partition coefficient (Wildman–Crippen LogP) is 0.913. The van der Waals surface area contributed by atoms with E-state index in [-0.39, 0.29) is 23.9 Å². The van der Waals surface area contributed by atoms with Crippen LogP contribution in [0.4, 0.5) is 4.79 Å². The van der Waals surface area contributed by atoms with Gasteiger partial charge in [-0.3, -0.25) is 19.3 Å². The number of β-lactam (4-membered cyclic amide) rings is 1. The number of likely N-dealkylation sites (N-methyl/N-ethyl adjacent to an activating group) is 1. The number of fused-ring (bicyclic) bond motifs is 1. The van der Waals surface area contributed by atoms with Crippen LogP contribution in [0.15, 0.2) is 48.5 Å². The summed E-state index contributed by atoms with van der Waals surface area (Å²) < 4.78 is 20.6. The van der Waals surface area contributed by atoms with Gasteiger partial charge in [-0.15, -0.1) is 0 Å². The van der Waals surface area contributed by atoms with Crippen LogP contribution in [-0.2, 0) is 25.6 Å². The van der Waals surface area contributed by atoms with E-state index < -0.39 is 41.9 Å². The van der Waals surface area contributed by atoms with Gasteiger partial charge in [-0.1, -0.05) is 18.2 Å². The number of benzene rings is 2. The molecule has 3 aliphatic heterocycles. The standard InChI is InChI=1S/C18H25N3O5.C15H20N2O4/c1-18(2,3)26-17(24)21-13-12(10-19-14(13)16(23)25-4)20-15(22)11-8-6-5-7-9-11;1-16-8-11(18)13-14(16)15(19)17(13)7-9-4-5-10(20-2)6-12(9)21-3/h5-9,12-14,19H,10H2,1-4H3,(H,20,22)(H,21,24);4-6,11,13-14,18H,7-8H2,1-3H3/t12-,13-,14+;11-,13+,14-/m10/s1. The van der Waals surface area contributed by atoms with E-state index in [2.05, 4.69) is 16.0 Å². The normalized spacial score (nSPS) is 25.0. The van der Waals surface area contributed by atoms with Gasteiger partial charge in [0, 0.05) is 36.8 Å². The van der Waals surface area contributed by atoms with E-state index in [0.29, 0.717) is 36.7 Å². The molecule has 0 aromatic heterocycles. The van der Waals surface area contributed by atoms with Gasteiger partial charge in [0.15, 0.2) is 0 Å². The van der Waals surface area contributed by atoms with Gasteiger partial charge in [0.05, 0.1) is 45.6 Å². The maximum absolute atomic E-state index is 12.4. The molecule has 0 unspecified atom stereocenters. The Kier molecular flexibility index (Phi) is 11.3. The summed E-state index contributed by atoms with van der Waals surface area (Å²) in [5, 5.41) is 18.6. The van der Waals surface area contributed by atoms with E-state index >= 15 is 0 Å². The Labute approximate surface area is 274 Å². The maximum atomic E-state index is 12.4. The van der Waals surface area contributed by atoms with Crippen LogP contribution in [0, 0.1) is 0 Å². The molecule has 3 saturated heterocycles. The van der Waals surface area contributed by atoms with Crippen LogP contribution in [0.25, 0.3) is 0 Å². The van der Waals surface area contributed by atoms with Crippen molar-refractivity contribution in [2.75, 3.05) is 41.5 Å². The van der Waals surface area contributed by atoms with Gasteiger partial charge in [0.1, 0.15) is 29.2 Å². The van der Waals surface area contributed by atoms with Crippen molar-refractivity contribution in [1.29, 1.82) is 0 Å². The van der Waals surface area contributed by atoms with E-state index in [4.69, 9.17) is 18.9 Å². The van der Waals surface area contributed by atoms with E-state index in [1.165, 1.54) is 7.11 Å². The summed E-state index contributed by atoms with van der Waals surface area (Å²) in [6.45, 7) is 6.51. The van der Waals surface area contributed by atoms with E-state index in [1.54, 1.807) is 70.2 Å². The molecule has 3 aliphatic rings. The van der Waals surface area contributed by atoms with Crippen LogP contribution in [0.3, 0.4) is 0 Å². The number of ether oxygens (including phenoxy) is 4. The third-order valence-electron chi connectivity index (χ3n) is 8.24. The number of carbonyl (C=O) groups excluding carboxylic acids is 4.